The number of carbonyl (C=O) groups excluding carboxylic acids is 2. The van der Waals surface area contributed by atoms with E-state index < -0.39 is 0 Å². The van der Waals surface area contributed by atoms with E-state index in [0.29, 0.717) is 0 Å². The topological polar surface area (TPSA) is 63.6 Å². The van der Waals surface area contributed by atoms with Gasteiger partial charge < -0.3 is 0 Å². The molecule has 0 amide bonds. The van der Waals surface area contributed by atoms with Crippen molar-refractivity contribution in [3.63, 3.8) is 0 Å². The van der Waals surface area contributed by atoms with Crippen LogP contribution in [0.5, 0.6) is 0 Å². The van der Waals surface area contributed by atoms with Crippen LogP contribution in [0.15, 0.2) is 39.0 Å². The van der Waals surface area contributed by atoms with Crippen molar-refractivity contribution in [1.82, 2.24) is 0 Å². The Balaban J connectivity index is 0. The largest absolute Gasteiger partial charge is 0.281 e. The Kier molecular flexibility index (Phi) is 12.7. The monoisotopic (exact) mass is 229 g/mol. The van der Waals surface area contributed by atoms with Crippen molar-refractivity contribution in [2.75, 3.05) is 0 Å². The second kappa shape index (κ2) is 11.7. The fourth-order valence-electron chi connectivity index (χ4n) is 0.821. The van der Waals surface area contributed by atoms with E-state index in [1.807, 2.05) is 12.2 Å². The van der Waals surface area contributed by atoms with E-state index in [0.717, 1.165) is 16.4 Å². The summed E-state index contributed by atoms with van der Waals surface area (Å²) in [6, 6.07) is 0. The van der Waals surface area contributed by atoms with E-state index >= 15 is 0 Å². The molecule has 5 heteroatoms. The molecule has 4 radical (unpaired) electrons. The van der Waals surface area contributed by atoms with Crippen molar-refractivity contribution >= 4 is 13.6 Å². The predicted molar refractivity (Wildman–Crippen MR) is 48.2 cm³/mol. The van der Waals surface area contributed by atoms with Crippen LogP contribution < -0.4 is 0 Å². The zero-order valence-corrected chi connectivity index (χ0v) is 8.50. The molecule has 72 valence electrons. The van der Waals surface area contributed by atoms with Gasteiger partial charge in [-0.25, -0.2) is 0 Å². The smallest absolute Gasteiger partial charge is 0.281 e. The Labute approximate surface area is 89.3 Å². The van der Waals surface area contributed by atoms with Crippen molar-refractivity contribution in [2.45, 2.75) is 6.42 Å². The summed E-state index contributed by atoms with van der Waals surface area (Å²) in [6.07, 6.45) is 6.66. The van der Waals surface area contributed by atoms with Crippen molar-refractivity contribution in [3.05, 3.63) is 39.7 Å². The van der Waals surface area contributed by atoms with Gasteiger partial charge >= 0.3 is 65.7 Å². The Hall–Kier alpha value is -1.31. The molecule has 0 saturated carbocycles. The van der Waals surface area contributed by atoms with Crippen LogP contribution in [0.4, 0.5) is 0 Å². The Morgan fingerprint density at radius 3 is 2.43 bits per heavy atom. The third-order valence-corrected chi connectivity index (χ3v) is 2.38. The standard InChI is InChI=1S/C7H7.2CO.Cr.NO/c1-2-7-5-3-4-6-7;2*1-2;;1-2/h2-3,5H,1,4H2;;;;/q;;;+1;-1. The van der Waals surface area contributed by atoms with Crippen LogP contribution in [-0.2, 0) is 25.0 Å². The average Bonchev–Trinajstić information content (AvgIpc) is 2.72. The maximum Gasteiger partial charge on any atom is 0.281 e. The van der Waals surface area contributed by atoms with E-state index in [2.05, 4.69) is 24.3 Å². The summed E-state index contributed by atoms with van der Waals surface area (Å²) in [5, 5.41) is 0. The van der Waals surface area contributed by atoms with Gasteiger partial charge in [0, 0.05) is 0 Å². The van der Waals surface area contributed by atoms with Gasteiger partial charge in [-0.1, -0.05) is 0 Å². The first kappa shape index (κ1) is 15.2. The zero-order valence-electron chi connectivity index (χ0n) is 7.23. The molecule has 0 aromatic rings. The van der Waals surface area contributed by atoms with Gasteiger partial charge in [0.25, 0.3) is 13.6 Å². The summed E-state index contributed by atoms with van der Waals surface area (Å²) in [4.78, 5) is 24.9. The molecule has 0 N–H and O–H groups in total. The molecular weight excluding hydrogens is 222 g/mol. The molecule has 0 aliphatic heterocycles. The van der Waals surface area contributed by atoms with E-state index in [1.54, 1.807) is 6.08 Å². The molecule has 0 heterocycles. The maximum atomic E-state index is 9.90. The Morgan fingerprint density at radius 1 is 1.43 bits per heavy atom. The molecular formula is C9H7CrNO3. The third kappa shape index (κ3) is 5.36. The number of allylic oxidation sites excluding steroid dienone is 5. The molecule has 1 aliphatic rings. The normalized spacial score (nSPS) is 12.0. The van der Waals surface area contributed by atoms with Crippen molar-refractivity contribution in [2.24, 2.45) is 4.16 Å². The minimum atomic E-state index is -0.215. The summed E-state index contributed by atoms with van der Waals surface area (Å²) in [7, 11) is 0. The van der Waals surface area contributed by atoms with Crippen LogP contribution in [0.25, 0.3) is 0 Å². The zero-order chi connectivity index (χ0) is 11.4. The number of rotatable bonds is 3. The molecule has 4 nitrogen and oxygen atoms in total. The number of hydrogen-bond acceptors (Lipinski definition) is 4. The predicted octanol–water partition coefficient (Wildman–Crippen LogP) is 1.36. The number of hydrogen-bond donors (Lipinski definition) is 0. The van der Waals surface area contributed by atoms with Crippen LogP contribution in [-0.4, -0.2) is 13.6 Å². The SMILES string of the molecule is C=CC1=[C]([Cr][N]=O)CC=C1.[C]=O.[C]=O. The van der Waals surface area contributed by atoms with Crippen molar-refractivity contribution in [1.29, 1.82) is 0 Å². The molecule has 0 atom stereocenters. The second-order valence-electron chi connectivity index (χ2n) is 1.85. The minimum Gasteiger partial charge on any atom is -0.281 e. The van der Waals surface area contributed by atoms with Crippen LogP contribution in [0.3, 0.4) is 0 Å². The second-order valence-corrected chi connectivity index (χ2v) is 3.14. The van der Waals surface area contributed by atoms with Gasteiger partial charge in [-0.2, -0.15) is 0 Å². The fraction of sp³-hybridized carbons (Fsp3) is 0.111. The van der Waals surface area contributed by atoms with Crippen LogP contribution >= 0.6 is 0 Å². The van der Waals surface area contributed by atoms with Gasteiger partial charge in [-0.15, -0.1) is 0 Å². The van der Waals surface area contributed by atoms with Gasteiger partial charge in [0.2, 0.25) is 0 Å². The molecule has 0 fully saturated rings. The van der Waals surface area contributed by atoms with Gasteiger partial charge in [0.15, 0.2) is 0 Å². The molecule has 0 unspecified atom stereocenters. The van der Waals surface area contributed by atoms with E-state index in [4.69, 9.17) is 9.59 Å². The van der Waals surface area contributed by atoms with E-state index in [9.17, 15) is 4.91 Å². The average molecular weight is 229 g/mol. The Bertz CT molecular complexity index is 246. The molecule has 1 aliphatic carbocycles. The van der Waals surface area contributed by atoms with Crippen LogP contribution in [0, 0.1) is 4.91 Å². The van der Waals surface area contributed by atoms with E-state index in [1.165, 1.54) is 0 Å². The molecule has 0 aromatic heterocycles. The van der Waals surface area contributed by atoms with E-state index in [-0.39, 0.29) is 15.4 Å². The number of nitrogens with zero attached hydrogens (tertiary/aromatic N) is 1. The Morgan fingerprint density at radius 2 is 2.00 bits per heavy atom. The fourth-order valence-corrected chi connectivity index (χ4v) is 1.63. The van der Waals surface area contributed by atoms with Gasteiger partial charge in [-0.05, 0) is 0 Å². The molecule has 0 saturated heterocycles. The third-order valence-electron chi connectivity index (χ3n) is 1.29. The first-order valence-corrected chi connectivity index (χ1v) is 4.52. The van der Waals surface area contributed by atoms with Crippen LogP contribution in [0.1, 0.15) is 6.42 Å². The summed E-state index contributed by atoms with van der Waals surface area (Å²) < 4.78 is 4.02. The summed E-state index contributed by atoms with van der Waals surface area (Å²) in [6.45, 7) is 12.6. The molecule has 14 heavy (non-hydrogen) atoms. The van der Waals surface area contributed by atoms with Crippen molar-refractivity contribution in [3.8, 4) is 0 Å². The maximum absolute atomic E-state index is 9.90. The summed E-state index contributed by atoms with van der Waals surface area (Å²) in [5.41, 5.74) is 1.08. The molecule has 0 bridgehead atoms. The molecule has 0 spiro atoms. The molecule has 1 rings (SSSR count). The van der Waals surface area contributed by atoms with Crippen LogP contribution in [0.2, 0.25) is 0 Å². The minimum absolute atomic E-state index is 0.215. The summed E-state index contributed by atoms with van der Waals surface area (Å²) in [5.74, 6) is 0. The first-order valence-electron chi connectivity index (χ1n) is 3.31. The first-order chi connectivity index (χ1) is 6.88. The summed E-state index contributed by atoms with van der Waals surface area (Å²) >= 11 is -0.215. The van der Waals surface area contributed by atoms with Crippen molar-refractivity contribution < 1.29 is 25.0 Å². The number of nitroso groups, excluding NO2 is 1. The van der Waals surface area contributed by atoms with Gasteiger partial charge in [-0.3, -0.25) is 9.59 Å². The molecule has 0 aromatic carbocycles. The van der Waals surface area contributed by atoms with Gasteiger partial charge in [0.05, 0.1) is 0 Å². The quantitative estimate of drug-likeness (QED) is 0.686. The van der Waals surface area contributed by atoms with Gasteiger partial charge in [0.1, 0.15) is 0 Å².